The van der Waals surface area contributed by atoms with E-state index in [1.165, 1.54) is 11.3 Å². The highest BCUT2D eigenvalue weighted by Crippen LogP contribution is 2.19. The highest BCUT2D eigenvalue weighted by molar-refractivity contribution is 7.12. The molecule has 1 heterocycles. The van der Waals surface area contributed by atoms with E-state index in [4.69, 9.17) is 0 Å². The molecular weight excluding hydrogens is 406 g/mol. The molecule has 4 rings (SSSR count). The van der Waals surface area contributed by atoms with Crippen LogP contribution in [0.3, 0.4) is 0 Å². The normalized spacial score (nSPS) is 11.3. The molecule has 0 atom stereocenters. The molecule has 3 aromatic carbocycles. The van der Waals surface area contributed by atoms with Gasteiger partial charge in [-0.25, -0.2) is 5.43 Å². The van der Waals surface area contributed by atoms with E-state index in [2.05, 4.69) is 15.8 Å². The Morgan fingerprint density at radius 3 is 2.45 bits per heavy atom. The molecule has 0 saturated heterocycles. The smallest absolute Gasteiger partial charge is 0.265 e. The third kappa shape index (κ3) is 5.05. The van der Waals surface area contributed by atoms with Crippen molar-refractivity contribution in [2.24, 2.45) is 5.10 Å². The fourth-order valence-electron chi connectivity index (χ4n) is 3.27. The van der Waals surface area contributed by atoms with Crippen LogP contribution in [-0.2, 0) is 11.2 Å². The Kier molecular flexibility index (Phi) is 6.19. The first kappa shape index (κ1) is 20.5. The number of anilines is 1. The van der Waals surface area contributed by atoms with Crippen LogP contribution in [0.4, 0.5) is 5.69 Å². The van der Waals surface area contributed by atoms with Gasteiger partial charge in [-0.05, 0) is 52.4 Å². The third-order valence-electron chi connectivity index (χ3n) is 4.88. The Morgan fingerprint density at radius 2 is 1.68 bits per heavy atom. The molecule has 154 valence electrons. The minimum absolute atomic E-state index is 0.131. The molecule has 2 amide bonds. The summed E-state index contributed by atoms with van der Waals surface area (Å²) < 4.78 is 0. The second kappa shape index (κ2) is 9.36. The van der Waals surface area contributed by atoms with Gasteiger partial charge in [-0.2, -0.15) is 5.10 Å². The number of carbonyl (C=O) groups excluding carboxylic acids is 2. The summed E-state index contributed by atoms with van der Waals surface area (Å²) in [6.07, 6.45) is 0.256. The van der Waals surface area contributed by atoms with Crippen molar-refractivity contribution in [3.8, 4) is 0 Å². The summed E-state index contributed by atoms with van der Waals surface area (Å²) in [7, 11) is 0. The summed E-state index contributed by atoms with van der Waals surface area (Å²) in [4.78, 5) is 25.2. The van der Waals surface area contributed by atoms with Crippen molar-refractivity contribution < 1.29 is 9.59 Å². The van der Waals surface area contributed by atoms with E-state index in [0.29, 0.717) is 16.3 Å². The van der Waals surface area contributed by atoms with Gasteiger partial charge in [-0.1, -0.05) is 60.7 Å². The van der Waals surface area contributed by atoms with Gasteiger partial charge in [0.2, 0.25) is 5.91 Å². The van der Waals surface area contributed by atoms with Crippen molar-refractivity contribution in [3.63, 3.8) is 0 Å². The number of amides is 2. The molecule has 0 aliphatic rings. The summed E-state index contributed by atoms with van der Waals surface area (Å²) in [6.45, 7) is 1.83. The first-order valence-corrected chi connectivity index (χ1v) is 10.7. The van der Waals surface area contributed by atoms with E-state index in [1.54, 1.807) is 6.07 Å². The number of nitrogens with one attached hydrogen (secondary N) is 2. The number of thiophene rings is 1. The fraction of sp³-hybridized carbons (Fsp3) is 0.0800. The number of hydrogen-bond donors (Lipinski definition) is 2. The molecule has 4 aromatic rings. The lowest BCUT2D eigenvalue weighted by atomic mass is 10.0. The van der Waals surface area contributed by atoms with E-state index in [-0.39, 0.29) is 18.2 Å². The topological polar surface area (TPSA) is 70.6 Å². The van der Waals surface area contributed by atoms with Crippen LogP contribution in [0.5, 0.6) is 0 Å². The van der Waals surface area contributed by atoms with Crippen molar-refractivity contribution >= 4 is 45.3 Å². The molecule has 0 aliphatic carbocycles. The molecule has 0 aliphatic heterocycles. The van der Waals surface area contributed by atoms with Gasteiger partial charge in [0.05, 0.1) is 17.0 Å². The zero-order valence-electron chi connectivity index (χ0n) is 17.0. The highest BCUT2D eigenvalue weighted by atomic mass is 32.1. The summed E-state index contributed by atoms with van der Waals surface area (Å²) in [5.74, 6) is -0.302. The molecule has 5 nitrogen and oxygen atoms in total. The van der Waals surface area contributed by atoms with E-state index in [1.807, 2.05) is 85.1 Å². The number of nitrogens with zero attached hydrogens (tertiary/aromatic N) is 1. The first-order chi connectivity index (χ1) is 15.1. The molecule has 2 N–H and O–H groups in total. The van der Waals surface area contributed by atoms with Gasteiger partial charge < -0.3 is 5.32 Å². The quantitative estimate of drug-likeness (QED) is 0.326. The minimum Gasteiger partial charge on any atom is -0.321 e. The van der Waals surface area contributed by atoms with Gasteiger partial charge in [-0.15, -0.1) is 11.3 Å². The monoisotopic (exact) mass is 427 g/mol. The second-order valence-electron chi connectivity index (χ2n) is 7.06. The third-order valence-corrected chi connectivity index (χ3v) is 5.75. The molecule has 0 fully saturated rings. The number of hydrazone groups is 1. The highest BCUT2D eigenvalue weighted by Gasteiger charge is 2.08. The van der Waals surface area contributed by atoms with Crippen LogP contribution in [0.15, 0.2) is 89.3 Å². The van der Waals surface area contributed by atoms with Gasteiger partial charge in [-0.3, -0.25) is 9.59 Å². The molecule has 0 bridgehead atoms. The molecule has 1 aromatic heterocycles. The average Bonchev–Trinajstić information content (AvgIpc) is 3.33. The Bertz CT molecular complexity index is 1240. The van der Waals surface area contributed by atoms with E-state index < -0.39 is 0 Å². The first-order valence-electron chi connectivity index (χ1n) is 9.85. The summed E-state index contributed by atoms with van der Waals surface area (Å²) in [5, 5.41) is 11.1. The lowest BCUT2D eigenvalue weighted by Gasteiger charge is -2.07. The molecule has 0 saturated carbocycles. The lowest BCUT2D eigenvalue weighted by Crippen LogP contribution is -2.21. The van der Waals surface area contributed by atoms with E-state index >= 15 is 0 Å². The Balaban J connectivity index is 1.37. The van der Waals surface area contributed by atoms with Crippen molar-refractivity contribution in [3.05, 3.63) is 100 Å². The van der Waals surface area contributed by atoms with Crippen LogP contribution >= 0.6 is 11.3 Å². The maximum absolute atomic E-state index is 12.4. The van der Waals surface area contributed by atoms with Crippen molar-refractivity contribution in [2.75, 3.05) is 5.32 Å². The predicted molar refractivity (Wildman–Crippen MR) is 127 cm³/mol. The number of hydrogen-bond acceptors (Lipinski definition) is 4. The molecule has 0 spiro atoms. The number of benzene rings is 3. The summed E-state index contributed by atoms with van der Waals surface area (Å²) >= 11 is 1.40. The van der Waals surface area contributed by atoms with Gasteiger partial charge in [0.15, 0.2) is 0 Å². The van der Waals surface area contributed by atoms with Crippen molar-refractivity contribution in [1.29, 1.82) is 0 Å². The average molecular weight is 428 g/mol. The van der Waals surface area contributed by atoms with Gasteiger partial charge in [0, 0.05) is 5.69 Å². The molecule has 0 unspecified atom stereocenters. The Hall–Kier alpha value is -3.77. The lowest BCUT2D eigenvalue weighted by molar-refractivity contribution is -0.120. The zero-order chi connectivity index (χ0) is 21.6. The summed E-state index contributed by atoms with van der Waals surface area (Å²) in [5.41, 5.74) is 5.85. The molecular formula is C25H21N3O2S. The fourth-order valence-corrected chi connectivity index (χ4v) is 3.88. The number of carbonyl (C=O) groups is 2. The van der Waals surface area contributed by atoms with E-state index in [9.17, 15) is 9.59 Å². The van der Waals surface area contributed by atoms with Gasteiger partial charge >= 0.3 is 0 Å². The van der Waals surface area contributed by atoms with Crippen LogP contribution in [0.1, 0.15) is 27.7 Å². The number of fused-ring (bicyclic) bond motifs is 1. The standard InChI is InChI=1S/C25H21N3O2S/c1-17(18-11-13-21(14-12-18)26-25(30)23-10-5-15-31-23)27-28-24(29)16-20-8-4-7-19-6-2-3-9-22(19)20/h2-15H,16H2,1H3,(H,26,30)(H,28,29). The predicted octanol–water partition coefficient (Wildman–Crippen LogP) is 5.24. The minimum atomic E-state index is -0.171. The van der Waals surface area contributed by atoms with Crippen molar-refractivity contribution in [2.45, 2.75) is 13.3 Å². The summed E-state index contributed by atoms with van der Waals surface area (Å²) in [6, 6.07) is 24.9. The van der Waals surface area contributed by atoms with Crippen LogP contribution in [0.25, 0.3) is 10.8 Å². The molecule has 31 heavy (non-hydrogen) atoms. The van der Waals surface area contributed by atoms with Crippen LogP contribution < -0.4 is 10.7 Å². The van der Waals surface area contributed by atoms with E-state index in [0.717, 1.165) is 21.9 Å². The maximum Gasteiger partial charge on any atom is 0.265 e. The maximum atomic E-state index is 12.4. The van der Waals surface area contributed by atoms with Crippen molar-refractivity contribution in [1.82, 2.24) is 5.43 Å². The Labute approximate surface area is 184 Å². The van der Waals surface area contributed by atoms with Gasteiger partial charge in [0.1, 0.15) is 0 Å². The molecule has 0 radical (unpaired) electrons. The Morgan fingerprint density at radius 1 is 0.903 bits per heavy atom. The van der Waals surface area contributed by atoms with Crippen LogP contribution in [0.2, 0.25) is 0 Å². The second-order valence-corrected chi connectivity index (χ2v) is 8.00. The van der Waals surface area contributed by atoms with Gasteiger partial charge in [0.25, 0.3) is 5.91 Å². The number of rotatable bonds is 6. The largest absolute Gasteiger partial charge is 0.321 e. The molecule has 6 heteroatoms. The SMILES string of the molecule is CC(=NNC(=O)Cc1cccc2ccccc12)c1ccc(NC(=O)c2cccs2)cc1. The van der Waals surface area contributed by atoms with Crippen LogP contribution in [0, 0.1) is 0 Å². The van der Waals surface area contributed by atoms with Crippen LogP contribution in [-0.4, -0.2) is 17.5 Å². The zero-order valence-corrected chi connectivity index (χ0v) is 17.8.